The van der Waals surface area contributed by atoms with Gasteiger partial charge in [0.05, 0.1) is 0 Å². The smallest absolute Gasteiger partial charge is 0.253 e. The quantitative estimate of drug-likeness (QED) is 0.656. The van der Waals surface area contributed by atoms with Crippen molar-refractivity contribution in [1.82, 2.24) is 15.1 Å². The van der Waals surface area contributed by atoms with Gasteiger partial charge in [-0.05, 0) is 62.1 Å². The van der Waals surface area contributed by atoms with Crippen molar-refractivity contribution in [1.29, 1.82) is 0 Å². The van der Waals surface area contributed by atoms with E-state index in [4.69, 9.17) is 0 Å². The van der Waals surface area contributed by atoms with Crippen LogP contribution in [0.15, 0.2) is 28.7 Å². The minimum absolute atomic E-state index is 0.0162. The van der Waals surface area contributed by atoms with E-state index in [0.29, 0.717) is 37.9 Å². The van der Waals surface area contributed by atoms with Gasteiger partial charge in [-0.15, -0.1) is 0 Å². The lowest BCUT2D eigenvalue weighted by atomic mass is 9.87. The zero-order valence-electron chi connectivity index (χ0n) is 18.6. The van der Waals surface area contributed by atoms with Crippen LogP contribution in [0.25, 0.3) is 0 Å². The van der Waals surface area contributed by atoms with E-state index in [2.05, 4.69) is 21.2 Å². The molecule has 0 spiro atoms. The molecule has 2 aliphatic heterocycles. The highest BCUT2D eigenvalue weighted by Crippen LogP contribution is 2.25. The summed E-state index contributed by atoms with van der Waals surface area (Å²) in [5.74, 6) is 0.307. The van der Waals surface area contributed by atoms with Crippen LogP contribution in [-0.2, 0) is 9.59 Å². The van der Waals surface area contributed by atoms with Gasteiger partial charge in [0.1, 0.15) is 6.04 Å². The highest BCUT2D eigenvalue weighted by Gasteiger charge is 2.36. The van der Waals surface area contributed by atoms with Crippen molar-refractivity contribution in [3.8, 4) is 0 Å². The molecule has 1 unspecified atom stereocenters. The van der Waals surface area contributed by atoms with Gasteiger partial charge in [0.25, 0.3) is 5.91 Å². The minimum atomic E-state index is -0.493. The number of carbonyl (C=O) groups is 3. The van der Waals surface area contributed by atoms with Crippen LogP contribution in [0.5, 0.6) is 0 Å². The van der Waals surface area contributed by atoms with Crippen molar-refractivity contribution >= 4 is 33.7 Å². The van der Waals surface area contributed by atoms with Crippen molar-refractivity contribution in [3.63, 3.8) is 0 Å². The summed E-state index contributed by atoms with van der Waals surface area (Å²) in [7, 11) is 0. The SMILES string of the molecule is CC(C)CC(=O)NC(C(=O)N1CCCCC1)C1CCN(C(=O)c2cccc(Br)c2)CC1. The van der Waals surface area contributed by atoms with Crippen molar-refractivity contribution in [2.75, 3.05) is 26.2 Å². The van der Waals surface area contributed by atoms with Gasteiger partial charge in [0.2, 0.25) is 11.8 Å². The second-order valence-corrected chi connectivity index (χ2v) is 10.1. The lowest BCUT2D eigenvalue weighted by Crippen LogP contribution is -2.55. The molecular formula is C24H34BrN3O3. The second kappa shape index (κ2) is 11.1. The number of carbonyl (C=O) groups excluding carboxylic acids is 3. The average Bonchev–Trinajstić information content (AvgIpc) is 2.77. The average molecular weight is 492 g/mol. The Kier molecular flexibility index (Phi) is 8.52. The molecular weight excluding hydrogens is 458 g/mol. The maximum Gasteiger partial charge on any atom is 0.253 e. The van der Waals surface area contributed by atoms with Crippen LogP contribution in [0.4, 0.5) is 0 Å². The molecule has 1 aromatic rings. The predicted octanol–water partition coefficient (Wildman–Crippen LogP) is 3.84. The molecule has 3 amide bonds. The first-order valence-corrected chi connectivity index (χ1v) is 12.3. The summed E-state index contributed by atoms with van der Waals surface area (Å²) in [6, 6.07) is 6.94. The third-order valence-corrected chi connectivity index (χ3v) is 6.71. The third kappa shape index (κ3) is 6.55. The number of piperidine rings is 2. The highest BCUT2D eigenvalue weighted by molar-refractivity contribution is 9.10. The Bertz CT molecular complexity index is 784. The Morgan fingerprint density at radius 1 is 1.03 bits per heavy atom. The van der Waals surface area contributed by atoms with E-state index < -0.39 is 6.04 Å². The number of rotatable bonds is 6. The molecule has 170 valence electrons. The van der Waals surface area contributed by atoms with Gasteiger partial charge in [-0.1, -0.05) is 35.8 Å². The first-order chi connectivity index (χ1) is 14.8. The first kappa shape index (κ1) is 23.8. The zero-order valence-corrected chi connectivity index (χ0v) is 20.2. The molecule has 6 nitrogen and oxygen atoms in total. The Morgan fingerprint density at radius 2 is 1.71 bits per heavy atom. The van der Waals surface area contributed by atoms with E-state index in [1.165, 1.54) is 0 Å². The number of nitrogens with zero attached hydrogens (tertiary/aromatic N) is 2. The normalized spacial score (nSPS) is 18.7. The van der Waals surface area contributed by atoms with Gasteiger partial charge in [0.15, 0.2) is 0 Å². The van der Waals surface area contributed by atoms with Gasteiger partial charge < -0.3 is 15.1 Å². The molecule has 1 atom stereocenters. The molecule has 0 aromatic heterocycles. The second-order valence-electron chi connectivity index (χ2n) is 9.17. The monoisotopic (exact) mass is 491 g/mol. The van der Waals surface area contributed by atoms with Crippen LogP contribution < -0.4 is 5.32 Å². The number of nitrogens with one attached hydrogen (secondary N) is 1. The van der Waals surface area contributed by atoms with Crippen LogP contribution >= 0.6 is 15.9 Å². The molecule has 0 saturated carbocycles. The molecule has 1 aromatic carbocycles. The predicted molar refractivity (Wildman–Crippen MR) is 125 cm³/mol. The van der Waals surface area contributed by atoms with E-state index in [1.807, 2.05) is 47.9 Å². The van der Waals surface area contributed by atoms with Gasteiger partial charge >= 0.3 is 0 Å². The van der Waals surface area contributed by atoms with Crippen LogP contribution in [0, 0.1) is 11.8 Å². The molecule has 0 radical (unpaired) electrons. The van der Waals surface area contributed by atoms with Crippen molar-refractivity contribution in [3.05, 3.63) is 34.3 Å². The van der Waals surface area contributed by atoms with E-state index in [0.717, 1.165) is 36.8 Å². The molecule has 1 N–H and O–H groups in total. The maximum atomic E-state index is 13.3. The number of hydrogen-bond acceptors (Lipinski definition) is 3. The largest absolute Gasteiger partial charge is 0.344 e. The van der Waals surface area contributed by atoms with Gasteiger partial charge in [-0.25, -0.2) is 0 Å². The van der Waals surface area contributed by atoms with Crippen molar-refractivity contribution in [2.24, 2.45) is 11.8 Å². The fourth-order valence-electron chi connectivity index (χ4n) is 4.54. The van der Waals surface area contributed by atoms with E-state index in [-0.39, 0.29) is 29.6 Å². The maximum absolute atomic E-state index is 13.3. The van der Waals surface area contributed by atoms with E-state index in [9.17, 15) is 14.4 Å². The fraction of sp³-hybridized carbons (Fsp3) is 0.625. The summed E-state index contributed by atoms with van der Waals surface area (Å²) in [5, 5.41) is 3.06. The molecule has 2 saturated heterocycles. The van der Waals surface area contributed by atoms with E-state index >= 15 is 0 Å². The number of hydrogen-bond donors (Lipinski definition) is 1. The van der Waals surface area contributed by atoms with Crippen molar-refractivity contribution < 1.29 is 14.4 Å². The van der Waals surface area contributed by atoms with Crippen LogP contribution in [0.3, 0.4) is 0 Å². The summed E-state index contributed by atoms with van der Waals surface area (Å²) in [6.45, 7) is 6.76. The lowest BCUT2D eigenvalue weighted by Gasteiger charge is -2.38. The summed E-state index contributed by atoms with van der Waals surface area (Å²) in [6.07, 6.45) is 5.06. The summed E-state index contributed by atoms with van der Waals surface area (Å²) < 4.78 is 0.883. The highest BCUT2D eigenvalue weighted by atomic mass is 79.9. The fourth-order valence-corrected chi connectivity index (χ4v) is 4.93. The zero-order chi connectivity index (χ0) is 22.4. The number of benzene rings is 1. The summed E-state index contributed by atoms with van der Waals surface area (Å²) in [4.78, 5) is 42.5. The molecule has 0 aliphatic carbocycles. The summed E-state index contributed by atoms with van der Waals surface area (Å²) >= 11 is 3.42. The molecule has 2 heterocycles. The molecule has 2 aliphatic rings. The minimum Gasteiger partial charge on any atom is -0.344 e. The topological polar surface area (TPSA) is 69.7 Å². The van der Waals surface area contributed by atoms with Crippen LogP contribution in [0.1, 0.15) is 62.7 Å². The lowest BCUT2D eigenvalue weighted by molar-refractivity contribution is -0.139. The number of likely N-dealkylation sites (tertiary alicyclic amines) is 2. The number of amides is 3. The van der Waals surface area contributed by atoms with Gasteiger partial charge in [-0.3, -0.25) is 14.4 Å². The van der Waals surface area contributed by atoms with Crippen LogP contribution in [-0.4, -0.2) is 59.7 Å². The molecule has 31 heavy (non-hydrogen) atoms. The Balaban J connectivity index is 1.66. The molecule has 0 bridgehead atoms. The van der Waals surface area contributed by atoms with Gasteiger partial charge in [0, 0.05) is 42.6 Å². The van der Waals surface area contributed by atoms with Crippen LogP contribution in [0.2, 0.25) is 0 Å². The molecule has 7 heteroatoms. The van der Waals surface area contributed by atoms with E-state index in [1.54, 1.807) is 0 Å². The summed E-state index contributed by atoms with van der Waals surface area (Å²) in [5.41, 5.74) is 0.666. The van der Waals surface area contributed by atoms with Gasteiger partial charge in [-0.2, -0.15) is 0 Å². The number of halogens is 1. The Hall–Kier alpha value is -1.89. The Labute approximate surface area is 193 Å². The molecule has 3 rings (SSSR count). The van der Waals surface area contributed by atoms with Crippen molar-refractivity contribution in [2.45, 2.75) is 58.4 Å². The Morgan fingerprint density at radius 3 is 2.32 bits per heavy atom. The third-order valence-electron chi connectivity index (χ3n) is 6.21. The first-order valence-electron chi connectivity index (χ1n) is 11.5. The molecule has 2 fully saturated rings. The standard InChI is InChI=1S/C24H34BrN3O3/c1-17(2)15-21(29)26-22(24(31)27-11-4-3-5-12-27)18-9-13-28(14-10-18)23(30)19-7-6-8-20(25)16-19/h6-8,16-18,22H,3-5,9-15H2,1-2H3,(H,26,29).